The van der Waals surface area contributed by atoms with E-state index in [9.17, 15) is 14.7 Å². The SMILES string of the molecule is Cc1ccc(/C=C(/c2ccccc2)[C@@H](CC(=O)O)C(=O)O)cc1. The molecule has 4 heteroatoms. The third-order valence-electron chi connectivity index (χ3n) is 3.56. The molecule has 0 aromatic heterocycles. The quantitative estimate of drug-likeness (QED) is 0.798. The van der Waals surface area contributed by atoms with E-state index in [1.165, 1.54) is 0 Å². The summed E-state index contributed by atoms with van der Waals surface area (Å²) in [6.45, 7) is 1.97. The van der Waals surface area contributed by atoms with Gasteiger partial charge in [0.25, 0.3) is 0 Å². The molecule has 0 spiro atoms. The van der Waals surface area contributed by atoms with Gasteiger partial charge < -0.3 is 10.2 Å². The molecular formula is C19H18O4. The van der Waals surface area contributed by atoms with Crippen LogP contribution >= 0.6 is 0 Å². The molecule has 118 valence electrons. The Bertz CT molecular complexity index is 715. The summed E-state index contributed by atoms with van der Waals surface area (Å²) in [7, 11) is 0. The standard InChI is InChI=1S/C19H18O4/c1-13-7-9-14(10-8-13)11-16(15-5-3-2-4-6-15)17(19(22)23)12-18(20)21/h2-11,17H,12H2,1H3,(H,20,21)(H,22,23)/b16-11-/t17-/m1/s1. The highest BCUT2D eigenvalue weighted by Crippen LogP contribution is 2.29. The molecule has 0 heterocycles. The molecule has 0 fully saturated rings. The Morgan fingerprint density at radius 1 is 1.00 bits per heavy atom. The van der Waals surface area contributed by atoms with Crippen LogP contribution in [0.2, 0.25) is 0 Å². The Morgan fingerprint density at radius 2 is 1.61 bits per heavy atom. The highest BCUT2D eigenvalue weighted by Gasteiger charge is 2.26. The summed E-state index contributed by atoms with van der Waals surface area (Å²) in [4.78, 5) is 22.6. The first kappa shape index (κ1) is 16.5. The van der Waals surface area contributed by atoms with Gasteiger partial charge in [0.1, 0.15) is 0 Å². The van der Waals surface area contributed by atoms with Crippen molar-refractivity contribution in [3.05, 3.63) is 71.3 Å². The van der Waals surface area contributed by atoms with Crippen LogP contribution in [0, 0.1) is 12.8 Å². The predicted molar refractivity (Wildman–Crippen MR) is 88.9 cm³/mol. The summed E-state index contributed by atoms with van der Waals surface area (Å²) in [6.07, 6.45) is 1.29. The van der Waals surface area contributed by atoms with Gasteiger partial charge in [0.05, 0.1) is 12.3 Å². The third kappa shape index (κ3) is 4.54. The van der Waals surface area contributed by atoms with Crippen molar-refractivity contribution in [3.8, 4) is 0 Å². The van der Waals surface area contributed by atoms with E-state index in [1.54, 1.807) is 30.3 Å². The molecule has 1 atom stereocenters. The van der Waals surface area contributed by atoms with Crippen LogP contribution in [0.15, 0.2) is 54.6 Å². The van der Waals surface area contributed by atoms with E-state index in [1.807, 2.05) is 37.3 Å². The van der Waals surface area contributed by atoms with Crippen LogP contribution < -0.4 is 0 Å². The van der Waals surface area contributed by atoms with Crippen LogP contribution in [0.25, 0.3) is 11.6 Å². The van der Waals surface area contributed by atoms with Gasteiger partial charge in [-0.15, -0.1) is 0 Å². The predicted octanol–water partition coefficient (Wildman–Crippen LogP) is 3.71. The lowest BCUT2D eigenvalue weighted by molar-refractivity contribution is -0.146. The van der Waals surface area contributed by atoms with Crippen LogP contribution in [0.3, 0.4) is 0 Å². The van der Waals surface area contributed by atoms with Crippen molar-refractivity contribution in [1.29, 1.82) is 0 Å². The molecule has 0 aliphatic heterocycles. The van der Waals surface area contributed by atoms with Crippen molar-refractivity contribution >= 4 is 23.6 Å². The van der Waals surface area contributed by atoms with E-state index >= 15 is 0 Å². The van der Waals surface area contributed by atoms with Crippen LogP contribution in [-0.2, 0) is 9.59 Å². The van der Waals surface area contributed by atoms with E-state index in [2.05, 4.69) is 0 Å². The number of hydrogen-bond donors (Lipinski definition) is 2. The maximum Gasteiger partial charge on any atom is 0.311 e. The lowest BCUT2D eigenvalue weighted by Crippen LogP contribution is -2.19. The highest BCUT2D eigenvalue weighted by atomic mass is 16.4. The van der Waals surface area contributed by atoms with E-state index in [4.69, 9.17) is 5.11 Å². The molecule has 0 aliphatic carbocycles. The van der Waals surface area contributed by atoms with Crippen LogP contribution in [0.1, 0.15) is 23.1 Å². The number of carboxylic acid groups (broad SMARTS) is 2. The van der Waals surface area contributed by atoms with Gasteiger partial charge in [-0.05, 0) is 23.6 Å². The van der Waals surface area contributed by atoms with Gasteiger partial charge in [-0.25, -0.2) is 0 Å². The largest absolute Gasteiger partial charge is 0.481 e. The fourth-order valence-corrected chi connectivity index (χ4v) is 2.36. The zero-order valence-corrected chi connectivity index (χ0v) is 12.8. The van der Waals surface area contributed by atoms with Crippen molar-refractivity contribution < 1.29 is 19.8 Å². The topological polar surface area (TPSA) is 74.6 Å². The maximum atomic E-state index is 11.6. The first-order valence-electron chi connectivity index (χ1n) is 7.25. The zero-order chi connectivity index (χ0) is 16.8. The first-order chi connectivity index (χ1) is 11.0. The molecule has 2 aromatic carbocycles. The summed E-state index contributed by atoms with van der Waals surface area (Å²) < 4.78 is 0. The second-order valence-electron chi connectivity index (χ2n) is 5.37. The van der Waals surface area contributed by atoms with Gasteiger partial charge in [0.15, 0.2) is 0 Å². The number of carbonyl (C=O) groups is 2. The Morgan fingerprint density at radius 3 is 2.13 bits per heavy atom. The van der Waals surface area contributed by atoms with Crippen LogP contribution in [0.4, 0.5) is 0 Å². The lowest BCUT2D eigenvalue weighted by atomic mass is 9.88. The average molecular weight is 310 g/mol. The summed E-state index contributed by atoms with van der Waals surface area (Å²) in [6, 6.07) is 16.7. The van der Waals surface area contributed by atoms with Gasteiger partial charge in [0, 0.05) is 0 Å². The van der Waals surface area contributed by atoms with E-state index in [0.717, 1.165) is 11.1 Å². The van der Waals surface area contributed by atoms with Crippen molar-refractivity contribution in [2.45, 2.75) is 13.3 Å². The van der Waals surface area contributed by atoms with Crippen molar-refractivity contribution in [1.82, 2.24) is 0 Å². The molecule has 2 aromatic rings. The van der Waals surface area contributed by atoms with E-state index in [0.29, 0.717) is 11.1 Å². The number of aryl methyl sites for hydroxylation is 1. The average Bonchev–Trinajstić information content (AvgIpc) is 2.53. The molecule has 0 bridgehead atoms. The Labute approximate surface area is 134 Å². The molecule has 0 radical (unpaired) electrons. The number of hydrogen-bond acceptors (Lipinski definition) is 2. The summed E-state index contributed by atoms with van der Waals surface area (Å²) in [5.74, 6) is -3.38. The summed E-state index contributed by atoms with van der Waals surface area (Å²) >= 11 is 0. The zero-order valence-electron chi connectivity index (χ0n) is 12.8. The van der Waals surface area contributed by atoms with Crippen molar-refractivity contribution in [2.75, 3.05) is 0 Å². The van der Waals surface area contributed by atoms with Gasteiger partial charge in [0.2, 0.25) is 0 Å². The fraction of sp³-hybridized carbons (Fsp3) is 0.158. The molecule has 0 amide bonds. The van der Waals surface area contributed by atoms with Gasteiger partial charge in [-0.2, -0.15) is 0 Å². The molecule has 23 heavy (non-hydrogen) atoms. The van der Waals surface area contributed by atoms with Crippen molar-refractivity contribution in [2.24, 2.45) is 5.92 Å². The minimum absolute atomic E-state index is 0.456. The summed E-state index contributed by atoms with van der Waals surface area (Å²) in [5.41, 5.74) is 3.14. The minimum atomic E-state index is -1.14. The molecule has 0 saturated carbocycles. The number of aliphatic carboxylic acids is 2. The van der Waals surface area contributed by atoms with Crippen molar-refractivity contribution in [3.63, 3.8) is 0 Å². The van der Waals surface area contributed by atoms with Gasteiger partial charge in [-0.1, -0.05) is 66.2 Å². The molecule has 4 nitrogen and oxygen atoms in total. The Kier molecular flexibility index (Phi) is 5.31. The minimum Gasteiger partial charge on any atom is -0.481 e. The van der Waals surface area contributed by atoms with E-state index in [-0.39, 0.29) is 0 Å². The monoisotopic (exact) mass is 310 g/mol. The van der Waals surface area contributed by atoms with E-state index < -0.39 is 24.3 Å². The normalized spacial score (nSPS) is 12.7. The van der Waals surface area contributed by atoms with Gasteiger partial charge >= 0.3 is 11.9 Å². The highest BCUT2D eigenvalue weighted by molar-refractivity contribution is 5.96. The number of benzene rings is 2. The number of carboxylic acids is 2. The Balaban J connectivity index is 2.52. The fourth-order valence-electron chi connectivity index (χ4n) is 2.36. The van der Waals surface area contributed by atoms with Crippen LogP contribution in [-0.4, -0.2) is 22.2 Å². The van der Waals surface area contributed by atoms with Crippen LogP contribution in [0.5, 0.6) is 0 Å². The smallest absolute Gasteiger partial charge is 0.311 e. The number of rotatable bonds is 6. The molecular weight excluding hydrogens is 292 g/mol. The second kappa shape index (κ2) is 7.40. The Hall–Kier alpha value is -2.88. The molecule has 2 N–H and O–H groups in total. The third-order valence-corrected chi connectivity index (χ3v) is 3.56. The first-order valence-corrected chi connectivity index (χ1v) is 7.25. The lowest BCUT2D eigenvalue weighted by Gasteiger charge is -2.16. The second-order valence-corrected chi connectivity index (χ2v) is 5.37. The molecule has 0 unspecified atom stereocenters. The molecule has 2 rings (SSSR count). The molecule has 0 aliphatic rings. The summed E-state index contributed by atoms with van der Waals surface area (Å²) in [5, 5.41) is 18.5. The molecule has 0 saturated heterocycles. The van der Waals surface area contributed by atoms with Gasteiger partial charge in [-0.3, -0.25) is 9.59 Å². The maximum absolute atomic E-state index is 11.6.